The molecule has 7 rings (SSSR count). The topological polar surface area (TPSA) is 119 Å². The number of carbonyl (C=O) groups excluding carboxylic acids is 1. The first-order valence-corrected chi connectivity index (χ1v) is 17.3. The van der Waals surface area contributed by atoms with E-state index in [0.29, 0.717) is 31.3 Å². The van der Waals surface area contributed by atoms with Gasteiger partial charge in [-0.05, 0) is 38.1 Å². The summed E-state index contributed by atoms with van der Waals surface area (Å²) < 4.78 is 53.9. The first-order chi connectivity index (χ1) is 22.4. The van der Waals surface area contributed by atoms with Crippen LogP contribution in [-0.2, 0) is 17.5 Å². The number of alkyl halides is 3. The van der Waals surface area contributed by atoms with Gasteiger partial charge in [-0.15, -0.1) is 23.1 Å². The molecule has 5 aromatic rings. The fourth-order valence-electron chi connectivity index (χ4n) is 6.50. The van der Waals surface area contributed by atoms with Gasteiger partial charge in [0.15, 0.2) is 5.13 Å². The Bertz CT molecular complexity index is 2080. The molecule has 16 heteroatoms. The van der Waals surface area contributed by atoms with Crippen LogP contribution in [0.3, 0.4) is 0 Å². The van der Waals surface area contributed by atoms with Gasteiger partial charge in [0.05, 0.1) is 17.6 Å². The quantitative estimate of drug-likeness (QED) is 0.224. The van der Waals surface area contributed by atoms with Gasteiger partial charge in [-0.3, -0.25) is 14.3 Å². The van der Waals surface area contributed by atoms with Crippen molar-refractivity contribution < 1.29 is 22.7 Å². The third kappa shape index (κ3) is 5.51. The van der Waals surface area contributed by atoms with Gasteiger partial charge < -0.3 is 20.3 Å². The Labute approximate surface area is 278 Å². The molecule has 0 saturated carbocycles. The van der Waals surface area contributed by atoms with Gasteiger partial charge in [-0.2, -0.15) is 18.2 Å². The highest BCUT2D eigenvalue weighted by atomic mass is 32.2. The minimum atomic E-state index is -4.76. The zero-order valence-corrected chi connectivity index (χ0v) is 27.6. The number of amides is 1. The summed E-state index contributed by atoms with van der Waals surface area (Å²) in [7, 11) is 0. The monoisotopic (exact) mass is 699 g/mol. The molecule has 0 radical (unpaired) electrons. The van der Waals surface area contributed by atoms with E-state index in [4.69, 9.17) is 10.5 Å². The molecule has 1 amide bonds. The number of aromatic nitrogens is 4. The number of rotatable bonds is 5. The largest absolute Gasteiger partial charge is 0.488 e. The first kappa shape index (κ1) is 31.4. The predicted molar refractivity (Wildman–Crippen MR) is 179 cm³/mol. The molecule has 1 unspecified atom stereocenters. The second kappa shape index (κ2) is 11.8. The maximum Gasteiger partial charge on any atom is 0.417 e. The van der Waals surface area contributed by atoms with Crippen molar-refractivity contribution in [2.75, 3.05) is 29.5 Å². The number of fused-ring (bicyclic) bond motifs is 1. The Morgan fingerprint density at radius 2 is 1.87 bits per heavy atom. The third-order valence-corrected chi connectivity index (χ3v) is 11.5. The molecule has 10 nitrogen and oxygen atoms in total. The molecule has 2 N–H and O–H groups in total. The van der Waals surface area contributed by atoms with Crippen molar-refractivity contribution in [2.24, 2.45) is 0 Å². The number of hydrogen-bond acceptors (Lipinski definition) is 11. The van der Waals surface area contributed by atoms with Crippen LogP contribution in [0.5, 0.6) is 5.75 Å². The summed E-state index contributed by atoms with van der Waals surface area (Å²) in [5.41, 5.74) is 5.50. The van der Waals surface area contributed by atoms with Gasteiger partial charge in [0.2, 0.25) is 5.91 Å². The summed E-state index contributed by atoms with van der Waals surface area (Å²) in [5.74, 6) is 0.683. The molecule has 47 heavy (non-hydrogen) atoms. The molecule has 2 aliphatic heterocycles. The third-order valence-electron chi connectivity index (χ3n) is 8.32. The molecule has 0 aliphatic carbocycles. The molecule has 1 aromatic carbocycles. The molecular weight excluding hydrogens is 672 g/mol. The zero-order chi connectivity index (χ0) is 33.2. The normalized spacial score (nSPS) is 20.1. The second-order valence-electron chi connectivity index (χ2n) is 11.5. The lowest BCUT2D eigenvalue weighted by Gasteiger charge is -2.44. The van der Waals surface area contributed by atoms with Crippen LogP contribution in [-0.4, -0.2) is 67.4 Å². The summed E-state index contributed by atoms with van der Waals surface area (Å²) in [6.45, 7) is 7.89. The Hall–Kier alpha value is -4.15. The molecular formula is C31H28F3N7O3S3. The van der Waals surface area contributed by atoms with Crippen molar-refractivity contribution in [3.8, 4) is 16.9 Å². The molecule has 0 bridgehead atoms. The smallest absolute Gasteiger partial charge is 0.417 e. The summed E-state index contributed by atoms with van der Waals surface area (Å²) in [5, 5.41) is 2.12. The standard InChI is InChI=1S/C31H28F3N7O3S3/c1-4-22(42)41-15(2)10-39(11-16(41)3)27-19-9-21(31(32,33)34)23(20-14-46-28-24(20)37-29(35)47-28)26-25(19)40(30(43)38-27)12-18(13-45-26)44-17-5-7-36-8-6-17/h4-9,14-16,18H,1,10-13H2,2-3H3,(H2,35,37)/t15-,16+,18?. The van der Waals surface area contributed by atoms with Crippen LogP contribution in [0.4, 0.5) is 24.1 Å². The van der Waals surface area contributed by atoms with Crippen molar-refractivity contribution >= 4 is 71.7 Å². The van der Waals surface area contributed by atoms with E-state index in [2.05, 4.69) is 21.5 Å². The molecule has 4 aromatic heterocycles. The number of nitrogens with two attached hydrogens (primary N) is 1. The van der Waals surface area contributed by atoms with E-state index < -0.39 is 23.5 Å². The van der Waals surface area contributed by atoms with Gasteiger partial charge in [0, 0.05) is 70.1 Å². The van der Waals surface area contributed by atoms with Crippen LogP contribution in [0.15, 0.2) is 58.3 Å². The molecule has 1 saturated heterocycles. The number of nitrogens with zero attached hydrogens (tertiary/aromatic N) is 6. The molecule has 1 fully saturated rings. The average molecular weight is 700 g/mol. The Morgan fingerprint density at radius 1 is 1.15 bits per heavy atom. The fraction of sp³-hybridized carbons (Fsp3) is 0.323. The number of piperazine rings is 1. The minimum absolute atomic E-state index is 0.0513. The van der Waals surface area contributed by atoms with E-state index in [9.17, 15) is 9.59 Å². The van der Waals surface area contributed by atoms with Crippen LogP contribution in [0.2, 0.25) is 0 Å². The van der Waals surface area contributed by atoms with E-state index >= 15 is 13.2 Å². The van der Waals surface area contributed by atoms with Crippen molar-refractivity contribution in [1.29, 1.82) is 0 Å². The summed E-state index contributed by atoms with van der Waals surface area (Å²) in [6, 6.07) is 3.84. The van der Waals surface area contributed by atoms with Crippen LogP contribution >= 0.6 is 34.4 Å². The summed E-state index contributed by atoms with van der Waals surface area (Å²) >= 11 is 3.70. The number of thiophene rings is 1. The van der Waals surface area contributed by atoms with E-state index in [1.807, 2.05) is 13.8 Å². The first-order valence-electron chi connectivity index (χ1n) is 14.7. The number of ether oxygens (including phenoxy) is 1. The average Bonchev–Trinajstić information content (AvgIpc) is 3.51. The Balaban J connectivity index is 1.48. The van der Waals surface area contributed by atoms with Gasteiger partial charge >= 0.3 is 11.9 Å². The van der Waals surface area contributed by atoms with Crippen LogP contribution < -0.4 is 21.1 Å². The number of pyridine rings is 1. The molecule has 244 valence electrons. The number of thioether (sulfide) groups is 1. The summed E-state index contributed by atoms with van der Waals surface area (Å²) in [6.07, 6.45) is -0.933. The fourth-order valence-corrected chi connectivity index (χ4v) is 9.64. The van der Waals surface area contributed by atoms with Crippen LogP contribution in [0, 0.1) is 0 Å². The van der Waals surface area contributed by atoms with E-state index in [0.717, 1.165) is 6.07 Å². The predicted octanol–water partition coefficient (Wildman–Crippen LogP) is 5.90. The number of thiazole rings is 1. The van der Waals surface area contributed by atoms with Gasteiger partial charge in [-0.1, -0.05) is 17.9 Å². The number of benzene rings is 1. The highest BCUT2D eigenvalue weighted by molar-refractivity contribution is 7.99. The molecule has 2 aliphatic rings. The Kier molecular flexibility index (Phi) is 7.91. The zero-order valence-electron chi connectivity index (χ0n) is 25.2. The summed E-state index contributed by atoms with van der Waals surface area (Å²) in [4.78, 5) is 43.2. The lowest BCUT2D eigenvalue weighted by Crippen LogP contribution is -2.58. The minimum Gasteiger partial charge on any atom is -0.488 e. The van der Waals surface area contributed by atoms with E-state index in [-0.39, 0.29) is 65.3 Å². The van der Waals surface area contributed by atoms with Crippen molar-refractivity contribution in [2.45, 2.75) is 49.7 Å². The highest BCUT2D eigenvalue weighted by Crippen LogP contribution is 2.51. The van der Waals surface area contributed by atoms with Crippen LogP contribution in [0.25, 0.3) is 31.6 Å². The number of halogens is 3. The molecule has 6 heterocycles. The van der Waals surface area contributed by atoms with E-state index in [1.54, 1.807) is 39.7 Å². The van der Waals surface area contributed by atoms with E-state index in [1.165, 1.54) is 45.1 Å². The maximum absolute atomic E-state index is 15.2. The van der Waals surface area contributed by atoms with Gasteiger partial charge in [-0.25, -0.2) is 9.78 Å². The van der Waals surface area contributed by atoms with Gasteiger partial charge in [0.1, 0.15) is 27.2 Å². The number of anilines is 2. The highest BCUT2D eigenvalue weighted by Gasteiger charge is 2.40. The maximum atomic E-state index is 15.2. The molecule has 3 atom stereocenters. The second-order valence-corrected chi connectivity index (χ2v) is 14.7. The lowest BCUT2D eigenvalue weighted by molar-refractivity contribution is -0.137. The van der Waals surface area contributed by atoms with Crippen molar-refractivity contribution in [3.63, 3.8) is 0 Å². The number of nitrogen functional groups attached to an aromatic ring is 1. The number of hydrogen-bond donors (Lipinski definition) is 1. The van der Waals surface area contributed by atoms with Crippen LogP contribution in [0.1, 0.15) is 19.4 Å². The van der Waals surface area contributed by atoms with Gasteiger partial charge in [0.25, 0.3) is 0 Å². The molecule has 0 spiro atoms. The van der Waals surface area contributed by atoms with Crippen molar-refractivity contribution in [3.05, 3.63) is 64.7 Å². The SMILES string of the molecule is C=CC(=O)N1[C@H](C)CN(c2nc(=O)n3c4c(c(-c5csc6sc(N)nc56)c(C(F)(F)F)cc24)SCC(Oc2ccncc2)C3)C[C@@H]1C. The Morgan fingerprint density at radius 3 is 2.55 bits per heavy atom. The van der Waals surface area contributed by atoms with Crippen molar-refractivity contribution in [1.82, 2.24) is 24.4 Å². The number of carbonyl (C=O) groups is 1. The lowest BCUT2D eigenvalue weighted by atomic mass is 9.97.